The number of carbonyl (C=O) groups is 2. The van der Waals surface area contributed by atoms with Crippen LogP contribution in [0.1, 0.15) is 36.2 Å². The minimum atomic E-state index is -0.654. The summed E-state index contributed by atoms with van der Waals surface area (Å²) in [6.07, 6.45) is 0.509. The molecule has 0 unspecified atom stereocenters. The molecular formula is C20H22ClFN2O2. The molecule has 0 aliphatic carbocycles. The maximum atomic E-state index is 12.9. The summed E-state index contributed by atoms with van der Waals surface area (Å²) in [6.45, 7) is 4.23. The standard InChI is InChI=1S/C20H22ClFN2O2/c1-13(2)11-18(24-19(25)15-5-7-16(21)8-6-15)20(26)23-12-14-3-9-17(22)10-4-14/h3-10,13,18H,11-12H2,1-2H3,(H,23,26)(H,24,25)/t18-/m1/s1. The highest BCUT2D eigenvalue weighted by atomic mass is 35.5. The summed E-state index contributed by atoms with van der Waals surface area (Å²) in [4.78, 5) is 24.9. The second kappa shape index (κ2) is 9.34. The Balaban J connectivity index is 2.00. The summed E-state index contributed by atoms with van der Waals surface area (Å²) in [5.74, 6) is -0.704. The number of benzene rings is 2. The van der Waals surface area contributed by atoms with Gasteiger partial charge < -0.3 is 10.6 Å². The summed E-state index contributed by atoms with van der Waals surface area (Å²) in [5, 5.41) is 6.11. The van der Waals surface area contributed by atoms with E-state index in [4.69, 9.17) is 11.6 Å². The van der Waals surface area contributed by atoms with Crippen LogP contribution in [0.3, 0.4) is 0 Å². The zero-order valence-electron chi connectivity index (χ0n) is 14.8. The van der Waals surface area contributed by atoms with Crippen LogP contribution >= 0.6 is 11.6 Å². The number of amides is 2. The molecule has 0 radical (unpaired) electrons. The van der Waals surface area contributed by atoms with Crippen LogP contribution in [0.25, 0.3) is 0 Å². The number of nitrogens with one attached hydrogen (secondary N) is 2. The third kappa shape index (κ3) is 6.15. The molecule has 2 aromatic carbocycles. The maximum absolute atomic E-state index is 12.9. The topological polar surface area (TPSA) is 58.2 Å². The molecule has 0 aliphatic heterocycles. The van der Waals surface area contributed by atoms with Crippen molar-refractivity contribution in [3.05, 3.63) is 70.5 Å². The van der Waals surface area contributed by atoms with E-state index in [9.17, 15) is 14.0 Å². The van der Waals surface area contributed by atoms with E-state index in [1.165, 1.54) is 12.1 Å². The third-order valence-corrected chi connectivity index (χ3v) is 4.07. The Hall–Kier alpha value is -2.40. The van der Waals surface area contributed by atoms with E-state index in [0.29, 0.717) is 17.0 Å². The zero-order valence-corrected chi connectivity index (χ0v) is 15.5. The van der Waals surface area contributed by atoms with E-state index in [0.717, 1.165) is 5.56 Å². The Kier molecular flexibility index (Phi) is 7.16. The van der Waals surface area contributed by atoms with Gasteiger partial charge in [0.05, 0.1) is 0 Å². The molecule has 26 heavy (non-hydrogen) atoms. The normalized spacial score (nSPS) is 11.9. The molecule has 4 nitrogen and oxygen atoms in total. The van der Waals surface area contributed by atoms with Crippen LogP contribution in [-0.4, -0.2) is 17.9 Å². The summed E-state index contributed by atoms with van der Waals surface area (Å²) < 4.78 is 12.9. The van der Waals surface area contributed by atoms with Crippen molar-refractivity contribution in [2.45, 2.75) is 32.9 Å². The van der Waals surface area contributed by atoms with Gasteiger partial charge in [-0.1, -0.05) is 37.6 Å². The van der Waals surface area contributed by atoms with Gasteiger partial charge in [-0.3, -0.25) is 9.59 Å². The van der Waals surface area contributed by atoms with Crippen molar-refractivity contribution in [3.63, 3.8) is 0 Å². The quantitative estimate of drug-likeness (QED) is 0.769. The largest absolute Gasteiger partial charge is 0.350 e. The fraction of sp³-hybridized carbons (Fsp3) is 0.300. The lowest BCUT2D eigenvalue weighted by Crippen LogP contribution is -2.47. The van der Waals surface area contributed by atoms with Crippen LogP contribution < -0.4 is 10.6 Å². The molecule has 138 valence electrons. The summed E-state index contributed by atoms with van der Waals surface area (Å²) in [6, 6.07) is 11.7. The van der Waals surface area contributed by atoms with Gasteiger partial charge in [0.2, 0.25) is 5.91 Å². The van der Waals surface area contributed by atoms with Crippen molar-refractivity contribution >= 4 is 23.4 Å². The molecule has 0 saturated heterocycles. The molecule has 2 rings (SSSR count). The van der Waals surface area contributed by atoms with Gasteiger partial charge in [-0.2, -0.15) is 0 Å². The Labute approximate surface area is 157 Å². The van der Waals surface area contributed by atoms with Gasteiger partial charge >= 0.3 is 0 Å². The van der Waals surface area contributed by atoms with E-state index in [1.54, 1.807) is 36.4 Å². The van der Waals surface area contributed by atoms with E-state index in [2.05, 4.69) is 10.6 Å². The first-order valence-corrected chi connectivity index (χ1v) is 8.81. The molecule has 0 bridgehead atoms. The van der Waals surface area contributed by atoms with Crippen LogP contribution in [0.15, 0.2) is 48.5 Å². The number of rotatable bonds is 7. The molecular weight excluding hydrogens is 355 g/mol. The van der Waals surface area contributed by atoms with E-state index >= 15 is 0 Å². The lowest BCUT2D eigenvalue weighted by Gasteiger charge is -2.20. The summed E-state index contributed by atoms with van der Waals surface area (Å²) >= 11 is 5.83. The van der Waals surface area contributed by atoms with Crippen LogP contribution in [0.2, 0.25) is 5.02 Å². The monoisotopic (exact) mass is 376 g/mol. The lowest BCUT2D eigenvalue weighted by molar-refractivity contribution is -0.123. The second-order valence-electron chi connectivity index (χ2n) is 6.51. The van der Waals surface area contributed by atoms with Crippen molar-refractivity contribution in [2.24, 2.45) is 5.92 Å². The van der Waals surface area contributed by atoms with Gasteiger partial charge in [-0.15, -0.1) is 0 Å². The molecule has 0 spiro atoms. The van der Waals surface area contributed by atoms with E-state index in [-0.39, 0.29) is 30.1 Å². The highest BCUT2D eigenvalue weighted by Gasteiger charge is 2.22. The van der Waals surface area contributed by atoms with Gasteiger partial charge in [-0.05, 0) is 54.3 Å². The van der Waals surface area contributed by atoms with Gasteiger partial charge in [0, 0.05) is 17.1 Å². The molecule has 6 heteroatoms. The Morgan fingerprint density at radius 3 is 2.23 bits per heavy atom. The first kappa shape index (κ1) is 19.9. The third-order valence-electron chi connectivity index (χ3n) is 3.82. The Morgan fingerprint density at radius 1 is 1.04 bits per heavy atom. The molecule has 2 N–H and O–H groups in total. The smallest absolute Gasteiger partial charge is 0.251 e. The molecule has 0 aliphatic rings. The highest BCUT2D eigenvalue weighted by molar-refractivity contribution is 6.30. The second-order valence-corrected chi connectivity index (χ2v) is 6.94. The number of carbonyl (C=O) groups excluding carboxylic acids is 2. The van der Waals surface area contributed by atoms with Crippen LogP contribution in [-0.2, 0) is 11.3 Å². The Bertz CT molecular complexity index is 745. The van der Waals surface area contributed by atoms with Crippen LogP contribution in [0.5, 0.6) is 0 Å². The Morgan fingerprint density at radius 2 is 1.65 bits per heavy atom. The van der Waals surface area contributed by atoms with Crippen molar-refractivity contribution in [2.75, 3.05) is 0 Å². The molecule has 1 atom stereocenters. The molecule has 2 amide bonds. The van der Waals surface area contributed by atoms with Crippen molar-refractivity contribution < 1.29 is 14.0 Å². The summed E-state index contributed by atoms with van der Waals surface area (Å²) in [7, 11) is 0. The zero-order chi connectivity index (χ0) is 19.1. The van der Waals surface area contributed by atoms with Gasteiger partial charge in [0.15, 0.2) is 0 Å². The molecule has 0 heterocycles. The van der Waals surface area contributed by atoms with E-state index < -0.39 is 6.04 Å². The SMILES string of the molecule is CC(C)C[C@@H](NC(=O)c1ccc(Cl)cc1)C(=O)NCc1ccc(F)cc1. The molecule has 0 fully saturated rings. The first-order chi connectivity index (χ1) is 12.3. The number of halogens is 2. The van der Waals surface area contributed by atoms with E-state index in [1.807, 2.05) is 13.8 Å². The van der Waals surface area contributed by atoms with Crippen LogP contribution in [0, 0.1) is 11.7 Å². The van der Waals surface area contributed by atoms with Gasteiger partial charge in [0.25, 0.3) is 5.91 Å². The average molecular weight is 377 g/mol. The maximum Gasteiger partial charge on any atom is 0.251 e. The van der Waals surface area contributed by atoms with Crippen molar-refractivity contribution in [3.8, 4) is 0 Å². The number of hydrogen-bond acceptors (Lipinski definition) is 2. The minimum Gasteiger partial charge on any atom is -0.350 e. The lowest BCUT2D eigenvalue weighted by atomic mass is 10.0. The molecule has 2 aromatic rings. The predicted molar refractivity (Wildman–Crippen MR) is 100 cm³/mol. The number of hydrogen-bond donors (Lipinski definition) is 2. The fourth-order valence-electron chi connectivity index (χ4n) is 2.46. The van der Waals surface area contributed by atoms with Crippen LogP contribution in [0.4, 0.5) is 4.39 Å². The van der Waals surface area contributed by atoms with Crippen molar-refractivity contribution in [1.29, 1.82) is 0 Å². The average Bonchev–Trinajstić information content (AvgIpc) is 2.60. The molecule has 0 aromatic heterocycles. The molecule has 0 saturated carbocycles. The van der Waals surface area contributed by atoms with Gasteiger partial charge in [0.1, 0.15) is 11.9 Å². The highest BCUT2D eigenvalue weighted by Crippen LogP contribution is 2.11. The summed E-state index contributed by atoms with van der Waals surface area (Å²) in [5.41, 5.74) is 1.22. The minimum absolute atomic E-state index is 0.224. The predicted octanol–water partition coefficient (Wildman–Crippen LogP) is 3.94. The van der Waals surface area contributed by atoms with Gasteiger partial charge in [-0.25, -0.2) is 4.39 Å². The first-order valence-electron chi connectivity index (χ1n) is 8.43. The van der Waals surface area contributed by atoms with Crippen molar-refractivity contribution in [1.82, 2.24) is 10.6 Å². The fourth-order valence-corrected chi connectivity index (χ4v) is 2.59.